The Morgan fingerprint density at radius 3 is 1.33 bits per heavy atom. The van der Waals surface area contributed by atoms with Crippen molar-refractivity contribution in [3.05, 3.63) is 68.5 Å². The molecule has 0 aliphatic heterocycles. The van der Waals surface area contributed by atoms with Crippen LogP contribution in [0, 0.1) is 0 Å². The van der Waals surface area contributed by atoms with Crippen molar-refractivity contribution in [2.75, 3.05) is 0 Å². The van der Waals surface area contributed by atoms with E-state index in [2.05, 4.69) is 9.97 Å². The standard InChI is InChI=1S/2C6H5NO3.Mn/c2*8-5-3-4(6(9)10)1-2-7-5;/h2*1-3H,(H,7,8)(H,9,10);/q;;+2/p-2. The van der Waals surface area contributed by atoms with Crippen molar-refractivity contribution in [2.24, 2.45) is 0 Å². The molecule has 0 saturated heterocycles. The molecule has 2 N–H and O–H groups in total. The number of aromatic carboxylic acids is 2. The minimum atomic E-state index is -1.34. The Hall–Kier alpha value is -2.64. The summed E-state index contributed by atoms with van der Waals surface area (Å²) in [5, 5.41) is 20.2. The van der Waals surface area contributed by atoms with Gasteiger partial charge in [0.15, 0.2) is 0 Å². The molecule has 8 nitrogen and oxygen atoms in total. The van der Waals surface area contributed by atoms with Crippen LogP contribution in [0.4, 0.5) is 0 Å². The largest absolute Gasteiger partial charge is 2.00 e. The molecule has 0 spiro atoms. The summed E-state index contributed by atoms with van der Waals surface area (Å²) >= 11 is 0. The van der Waals surface area contributed by atoms with Gasteiger partial charge < -0.3 is 29.8 Å². The fourth-order valence-corrected chi connectivity index (χ4v) is 1.14. The molecular formula is C12H8MnN2O6. The summed E-state index contributed by atoms with van der Waals surface area (Å²) in [6, 6.07) is 4.46. The van der Waals surface area contributed by atoms with Crippen LogP contribution in [0.5, 0.6) is 0 Å². The maximum absolute atomic E-state index is 10.4. The van der Waals surface area contributed by atoms with Crippen LogP contribution in [0.25, 0.3) is 0 Å². The molecule has 2 rings (SSSR count). The van der Waals surface area contributed by atoms with E-state index in [-0.39, 0.29) is 28.2 Å². The van der Waals surface area contributed by atoms with Gasteiger partial charge in [0.2, 0.25) is 11.1 Å². The molecule has 0 atom stereocenters. The molecule has 0 saturated carbocycles. The summed E-state index contributed by atoms with van der Waals surface area (Å²) in [4.78, 5) is 45.6. The van der Waals surface area contributed by atoms with E-state index in [1.807, 2.05) is 0 Å². The first kappa shape index (κ1) is 18.4. The predicted octanol–water partition coefficient (Wildman–Crippen LogP) is -2.53. The number of carbonyl (C=O) groups excluding carboxylic acids is 2. The van der Waals surface area contributed by atoms with Crippen LogP contribution < -0.4 is 21.3 Å². The van der Waals surface area contributed by atoms with Gasteiger partial charge in [0, 0.05) is 35.7 Å². The van der Waals surface area contributed by atoms with Crippen molar-refractivity contribution >= 4 is 11.9 Å². The van der Waals surface area contributed by atoms with Crippen LogP contribution in [0.15, 0.2) is 46.2 Å². The van der Waals surface area contributed by atoms with Crippen LogP contribution in [0.3, 0.4) is 0 Å². The van der Waals surface area contributed by atoms with E-state index in [4.69, 9.17) is 0 Å². The normalized spacial score (nSPS) is 8.76. The molecule has 0 fully saturated rings. The van der Waals surface area contributed by atoms with Gasteiger partial charge in [0.25, 0.3) is 0 Å². The number of hydrogen-bond donors (Lipinski definition) is 2. The van der Waals surface area contributed by atoms with Gasteiger partial charge >= 0.3 is 17.1 Å². The first-order valence-electron chi connectivity index (χ1n) is 5.20. The zero-order valence-electron chi connectivity index (χ0n) is 10.3. The Balaban J connectivity index is 0.000000364. The molecule has 0 aliphatic carbocycles. The second-order valence-corrected chi connectivity index (χ2v) is 3.46. The van der Waals surface area contributed by atoms with Gasteiger partial charge in [-0.05, 0) is 12.1 Å². The van der Waals surface area contributed by atoms with Crippen molar-refractivity contribution in [2.45, 2.75) is 0 Å². The Bertz CT molecular complexity index is 673. The minimum Gasteiger partial charge on any atom is -0.545 e. The first-order chi connectivity index (χ1) is 9.40. The van der Waals surface area contributed by atoms with Crippen molar-refractivity contribution in [1.82, 2.24) is 9.97 Å². The molecule has 109 valence electrons. The third-order valence-electron chi connectivity index (χ3n) is 2.02. The molecule has 9 heteroatoms. The maximum atomic E-state index is 10.4. The van der Waals surface area contributed by atoms with E-state index < -0.39 is 23.1 Å². The summed E-state index contributed by atoms with van der Waals surface area (Å²) in [7, 11) is 0. The van der Waals surface area contributed by atoms with Crippen LogP contribution in [-0.2, 0) is 17.1 Å². The molecule has 0 aliphatic rings. The summed E-state index contributed by atoms with van der Waals surface area (Å²) in [5.41, 5.74) is -1.10. The van der Waals surface area contributed by atoms with Gasteiger partial charge in [0.1, 0.15) is 0 Å². The van der Waals surface area contributed by atoms with E-state index in [1.54, 1.807) is 0 Å². The Morgan fingerprint density at radius 1 is 0.810 bits per heavy atom. The van der Waals surface area contributed by atoms with Crippen LogP contribution >= 0.6 is 0 Å². The minimum absolute atomic E-state index is 0. The molecule has 0 unspecified atom stereocenters. The Morgan fingerprint density at radius 2 is 1.14 bits per heavy atom. The van der Waals surface area contributed by atoms with E-state index in [1.165, 1.54) is 24.5 Å². The number of rotatable bonds is 2. The number of hydrogen-bond acceptors (Lipinski definition) is 6. The number of nitrogens with one attached hydrogen (secondary N) is 2. The summed E-state index contributed by atoms with van der Waals surface area (Å²) in [5.74, 6) is -2.68. The molecule has 21 heavy (non-hydrogen) atoms. The smallest absolute Gasteiger partial charge is 0.545 e. The molecule has 1 radical (unpaired) electrons. The number of aromatic nitrogens is 2. The molecule has 2 aromatic rings. The van der Waals surface area contributed by atoms with Crippen molar-refractivity contribution in [1.29, 1.82) is 0 Å². The van der Waals surface area contributed by atoms with Gasteiger partial charge in [0.05, 0.1) is 11.9 Å². The van der Waals surface area contributed by atoms with Gasteiger partial charge in [-0.2, -0.15) is 0 Å². The molecule has 0 aromatic carbocycles. The zero-order chi connectivity index (χ0) is 15.1. The number of carboxylic acids is 2. The molecule has 0 amide bonds. The predicted molar refractivity (Wildman–Crippen MR) is 62.8 cm³/mol. The van der Waals surface area contributed by atoms with E-state index >= 15 is 0 Å². The molecule has 0 bridgehead atoms. The maximum Gasteiger partial charge on any atom is 2.00 e. The second-order valence-electron chi connectivity index (χ2n) is 3.46. The second kappa shape index (κ2) is 8.51. The van der Waals surface area contributed by atoms with E-state index in [0.29, 0.717) is 0 Å². The molecule has 2 heterocycles. The van der Waals surface area contributed by atoms with Crippen LogP contribution in [-0.4, -0.2) is 21.9 Å². The van der Waals surface area contributed by atoms with Gasteiger partial charge in [-0.3, -0.25) is 9.59 Å². The number of aromatic amines is 2. The fraction of sp³-hybridized carbons (Fsp3) is 0. The molecular weight excluding hydrogens is 323 g/mol. The Kier molecular flexibility index (Phi) is 7.44. The third-order valence-corrected chi connectivity index (χ3v) is 2.02. The van der Waals surface area contributed by atoms with Gasteiger partial charge in [-0.15, -0.1) is 0 Å². The summed E-state index contributed by atoms with van der Waals surface area (Å²) in [6.45, 7) is 0. The topological polar surface area (TPSA) is 146 Å². The summed E-state index contributed by atoms with van der Waals surface area (Å²) in [6.07, 6.45) is 2.51. The first-order valence-corrected chi connectivity index (χ1v) is 5.20. The number of carbonyl (C=O) groups is 2. The van der Waals surface area contributed by atoms with Crippen molar-refractivity contribution in [3.63, 3.8) is 0 Å². The van der Waals surface area contributed by atoms with Gasteiger partial charge in [-0.1, -0.05) is 0 Å². The van der Waals surface area contributed by atoms with Crippen molar-refractivity contribution in [3.8, 4) is 0 Å². The van der Waals surface area contributed by atoms with E-state index in [9.17, 15) is 29.4 Å². The van der Waals surface area contributed by atoms with E-state index in [0.717, 1.165) is 12.1 Å². The average Bonchev–Trinajstić information content (AvgIpc) is 2.39. The third kappa shape index (κ3) is 6.37. The van der Waals surface area contributed by atoms with Crippen LogP contribution in [0.2, 0.25) is 0 Å². The fourth-order valence-electron chi connectivity index (χ4n) is 1.14. The summed E-state index contributed by atoms with van der Waals surface area (Å²) < 4.78 is 0. The number of pyridine rings is 2. The molecule has 2 aromatic heterocycles. The van der Waals surface area contributed by atoms with Crippen molar-refractivity contribution < 1.29 is 36.9 Å². The number of H-pyrrole nitrogens is 2. The zero-order valence-corrected chi connectivity index (χ0v) is 11.5. The monoisotopic (exact) mass is 331 g/mol. The number of carboxylic acid groups (broad SMARTS) is 2. The average molecular weight is 331 g/mol. The SMILES string of the molecule is O=C([O-])c1cc[nH]c(=O)c1.O=C([O-])c1cc[nH]c(=O)c1.[Mn+2]. The van der Waals surface area contributed by atoms with Crippen LogP contribution in [0.1, 0.15) is 20.7 Å². The Labute approximate surface area is 127 Å². The quantitative estimate of drug-likeness (QED) is 0.580. The van der Waals surface area contributed by atoms with Gasteiger partial charge in [-0.25, -0.2) is 0 Å².